The average molecular weight is 1110 g/mol. The number of aliphatic imine (C=N–C) groups is 3. The molecule has 19 heteroatoms. The van der Waals surface area contributed by atoms with Gasteiger partial charge in [0.1, 0.15) is 52.4 Å². The number of rotatable bonds is 16. The number of nitrogens with zero attached hydrogens (tertiary/aromatic N) is 7. The number of likely N-dealkylation sites (tertiary alicyclic amines) is 3. The number of nitrogens with one attached hydrogen (secondary N) is 2. The number of fused-ring (bicyclic) bond motifs is 3. The van der Waals surface area contributed by atoms with Gasteiger partial charge in [0.15, 0.2) is 11.6 Å². The van der Waals surface area contributed by atoms with Crippen molar-refractivity contribution in [2.75, 3.05) is 59.5 Å². The zero-order chi connectivity index (χ0) is 57.7. The van der Waals surface area contributed by atoms with Gasteiger partial charge in [0, 0.05) is 74.0 Å². The molecule has 0 spiro atoms. The van der Waals surface area contributed by atoms with Gasteiger partial charge >= 0.3 is 0 Å². The van der Waals surface area contributed by atoms with Crippen LogP contribution in [0.1, 0.15) is 101 Å². The highest BCUT2D eigenvalue weighted by Crippen LogP contribution is 2.40. The van der Waals surface area contributed by atoms with E-state index in [1.807, 2.05) is 20.8 Å². The van der Waals surface area contributed by atoms with Crippen molar-refractivity contribution in [3.8, 4) is 35.1 Å². The molecule has 5 atom stereocenters. The molecule has 4 fully saturated rings. The van der Waals surface area contributed by atoms with E-state index in [1.165, 1.54) is 48.7 Å². The van der Waals surface area contributed by atoms with Gasteiger partial charge in [-0.2, -0.15) is 0 Å². The van der Waals surface area contributed by atoms with Crippen LogP contribution in [-0.4, -0.2) is 138 Å². The molecule has 4 aromatic carbocycles. The number of aromatic hydroxyl groups is 1. The molecule has 0 radical (unpaired) electrons. The van der Waals surface area contributed by atoms with Crippen LogP contribution in [0, 0.1) is 41.1 Å². The lowest BCUT2D eigenvalue weighted by atomic mass is 9.81. The number of benzene rings is 4. The number of halogens is 4. The third kappa shape index (κ3) is 12.3. The molecule has 2 bridgehead atoms. The van der Waals surface area contributed by atoms with Crippen molar-refractivity contribution in [2.45, 2.75) is 96.3 Å². The van der Waals surface area contributed by atoms with E-state index in [0.717, 1.165) is 51.4 Å². The number of aliphatic hydroxyl groups is 1. The topological polar surface area (TPSA) is 181 Å². The predicted molar refractivity (Wildman–Crippen MR) is 305 cm³/mol. The molecule has 5 aromatic rings. The first-order chi connectivity index (χ1) is 39.0. The molecule has 2 amide bonds. The number of carbonyl (C=O) groups excluding carboxylic acids is 2. The van der Waals surface area contributed by atoms with Crippen LogP contribution in [-0.2, 0) is 9.59 Å². The molecule has 15 nitrogen and oxygen atoms in total. The van der Waals surface area contributed by atoms with Gasteiger partial charge in [0.25, 0.3) is 5.88 Å². The van der Waals surface area contributed by atoms with Crippen LogP contribution in [0.5, 0.6) is 11.6 Å². The van der Waals surface area contributed by atoms with Crippen LogP contribution in [0.3, 0.4) is 0 Å². The molecular weight excluding hydrogens is 1040 g/mol. The number of phenols is 1. The SMILES string of the molecule is C#Cc1c(F)ccc2cc(O)cc(C3=C(F)C(=NCCN4CCC(C)(COc5cc(C(C(=O)N6CCCC6C(=O)NC(C)c6ccc(-c7c(F)cccc7F)cc6)C(C)C)on5)CC4)/C(=C(\N=C)N4CC5CCC(C4)N5)C=N3)c12.CO. The quantitative estimate of drug-likeness (QED) is 0.0422. The minimum atomic E-state index is -0.752. The van der Waals surface area contributed by atoms with Crippen molar-refractivity contribution in [1.29, 1.82) is 0 Å². The highest BCUT2D eigenvalue weighted by Gasteiger charge is 2.41. The number of phenolic OH excluding ortho intramolecular Hbond substituents is 1. The first-order valence-electron chi connectivity index (χ1n) is 27.6. The standard InChI is InChI=1S/C61H65F4N9O5.CH4O/c1-7-43-46(62)20-17-39-28-42(75)29-44(53(39)43)56-55(65)57(45(31-68-56)58(66-6)73-32-40-18-19-41(33-73)70-40)67-23-27-72-25-21-61(5,22-26-72)34-78-51-30-50(79-71-51)52(35(2)3)60(77)74-24-9-12-49(74)59(76)69-36(4)37-13-15-38(16-14-37)54-47(63)10-8-11-48(54)64;1-2/h1,8,10-11,13-17,20,28-31,35-36,40-41,49,52,70,75H,6,9,12,18-19,21-27,32-34H2,2-5H3,(H,69,76);2H,1H3/b58-45+,67-57?;. The van der Waals surface area contributed by atoms with E-state index in [1.54, 1.807) is 35.2 Å². The summed E-state index contributed by atoms with van der Waals surface area (Å²) < 4.78 is 73.4. The second kappa shape index (κ2) is 25.0. The summed E-state index contributed by atoms with van der Waals surface area (Å²) in [7, 11) is 1.00. The number of piperidine rings is 1. The Morgan fingerprint density at radius 2 is 1.67 bits per heavy atom. The Hall–Kier alpha value is -7.66. The van der Waals surface area contributed by atoms with Crippen molar-refractivity contribution < 1.29 is 46.6 Å². The molecule has 5 aliphatic rings. The summed E-state index contributed by atoms with van der Waals surface area (Å²) in [6, 6.07) is 17.0. The molecule has 0 saturated carbocycles. The zero-order valence-electron chi connectivity index (χ0n) is 46.3. The van der Waals surface area contributed by atoms with Crippen LogP contribution in [0.2, 0.25) is 0 Å². The van der Waals surface area contributed by atoms with Gasteiger partial charge in [-0.3, -0.25) is 19.6 Å². The fourth-order valence-corrected chi connectivity index (χ4v) is 11.9. The molecule has 4 N–H and O–H groups in total. The van der Waals surface area contributed by atoms with Crippen molar-refractivity contribution >= 4 is 46.9 Å². The van der Waals surface area contributed by atoms with Crippen molar-refractivity contribution in [1.82, 2.24) is 30.5 Å². The van der Waals surface area contributed by atoms with Gasteiger partial charge in [0.2, 0.25) is 11.8 Å². The third-order valence-electron chi connectivity index (χ3n) is 16.3. The lowest BCUT2D eigenvalue weighted by Gasteiger charge is -2.38. The smallest absolute Gasteiger partial charge is 0.254 e. The predicted octanol–water partition coefficient (Wildman–Crippen LogP) is 9.51. The Morgan fingerprint density at radius 1 is 0.963 bits per heavy atom. The summed E-state index contributed by atoms with van der Waals surface area (Å²) in [5.74, 6) is -0.851. The van der Waals surface area contributed by atoms with Gasteiger partial charge in [-0.1, -0.05) is 63.1 Å². The number of allylic oxidation sites excluding steroid dienone is 2. The molecule has 5 aliphatic heterocycles. The first-order valence-corrected chi connectivity index (χ1v) is 27.6. The summed E-state index contributed by atoms with van der Waals surface area (Å²) in [6.07, 6.45) is 12.1. The second-order valence-electron chi connectivity index (χ2n) is 22.1. The fourth-order valence-electron chi connectivity index (χ4n) is 11.9. The van der Waals surface area contributed by atoms with E-state index >= 15 is 8.78 Å². The van der Waals surface area contributed by atoms with Crippen molar-refractivity contribution in [3.63, 3.8) is 0 Å². The number of aromatic nitrogens is 1. The molecule has 5 unspecified atom stereocenters. The Kier molecular flexibility index (Phi) is 17.9. The molecule has 6 heterocycles. The lowest BCUT2D eigenvalue weighted by molar-refractivity contribution is -0.141. The Bertz CT molecular complexity index is 3310. The number of ether oxygens (including phenoxy) is 1. The molecule has 426 valence electrons. The van der Waals surface area contributed by atoms with Crippen LogP contribution >= 0.6 is 0 Å². The van der Waals surface area contributed by atoms with Gasteiger partial charge in [-0.25, -0.2) is 22.6 Å². The number of terminal acetylenes is 1. The number of hydrogen-bond donors (Lipinski definition) is 4. The summed E-state index contributed by atoms with van der Waals surface area (Å²) in [5.41, 5.74) is 1.14. The summed E-state index contributed by atoms with van der Waals surface area (Å²) >= 11 is 0. The first kappa shape index (κ1) is 58.0. The van der Waals surface area contributed by atoms with Gasteiger partial charge in [-0.05, 0) is 123 Å². The Labute approximate surface area is 469 Å². The summed E-state index contributed by atoms with van der Waals surface area (Å²) in [6.45, 7) is 16.0. The van der Waals surface area contributed by atoms with E-state index in [2.05, 4.69) is 55.1 Å². The van der Waals surface area contributed by atoms with E-state index in [-0.39, 0.29) is 86.9 Å². The average Bonchev–Trinajstić information content (AvgIpc) is 4.26. The monoisotopic (exact) mass is 1110 g/mol. The van der Waals surface area contributed by atoms with Crippen LogP contribution in [0.4, 0.5) is 17.6 Å². The molecular formula is C62H69F4N9O6. The van der Waals surface area contributed by atoms with Gasteiger partial charge < -0.3 is 44.8 Å². The van der Waals surface area contributed by atoms with Crippen LogP contribution < -0.4 is 15.4 Å². The Balaban J connectivity index is 0.00000392. The number of carbonyl (C=O) groups is 2. The number of amides is 2. The number of piperazine rings is 1. The third-order valence-corrected chi connectivity index (χ3v) is 16.3. The molecule has 81 heavy (non-hydrogen) atoms. The van der Waals surface area contributed by atoms with Crippen LogP contribution in [0.25, 0.3) is 27.6 Å². The maximum absolute atomic E-state index is 17.3. The normalized spacial score (nSPS) is 21.7. The van der Waals surface area contributed by atoms with Gasteiger partial charge in [-0.15, -0.1) is 6.42 Å². The number of aliphatic hydroxyl groups excluding tert-OH is 1. The minimum Gasteiger partial charge on any atom is -0.508 e. The largest absolute Gasteiger partial charge is 0.508 e. The highest BCUT2D eigenvalue weighted by atomic mass is 19.1. The maximum Gasteiger partial charge on any atom is 0.254 e. The Morgan fingerprint density at radius 3 is 2.33 bits per heavy atom. The van der Waals surface area contributed by atoms with Crippen molar-refractivity contribution in [3.05, 3.63) is 130 Å². The highest BCUT2D eigenvalue weighted by molar-refractivity contribution is 6.29. The van der Waals surface area contributed by atoms with E-state index in [0.29, 0.717) is 73.7 Å². The minimum absolute atomic E-state index is 0.0386. The van der Waals surface area contributed by atoms with E-state index in [4.69, 9.17) is 25.8 Å². The summed E-state index contributed by atoms with van der Waals surface area (Å²) in [4.78, 5) is 48.0. The lowest BCUT2D eigenvalue weighted by Crippen LogP contribution is -2.50. The zero-order valence-corrected chi connectivity index (χ0v) is 46.3. The maximum atomic E-state index is 17.3. The molecule has 1 aromatic heterocycles. The summed E-state index contributed by atoms with van der Waals surface area (Å²) in [5, 5.41) is 29.3. The second-order valence-corrected chi connectivity index (χ2v) is 22.1. The van der Waals surface area contributed by atoms with E-state index in [9.17, 15) is 23.5 Å². The van der Waals surface area contributed by atoms with E-state index < -0.39 is 41.3 Å². The van der Waals surface area contributed by atoms with Crippen LogP contribution in [0.15, 0.2) is 110 Å². The molecule has 0 aliphatic carbocycles. The van der Waals surface area contributed by atoms with Crippen molar-refractivity contribution in [2.24, 2.45) is 26.3 Å². The fraction of sp³-hybridized carbons (Fsp3) is 0.419. The molecule has 4 saturated heterocycles. The molecule has 10 rings (SSSR count). The van der Waals surface area contributed by atoms with Gasteiger partial charge in [0.05, 0.1) is 35.9 Å². The number of hydrogen-bond acceptors (Lipinski definition) is 13.